The number of carbonyl (C=O) groups excluding carboxylic acids is 1. The quantitative estimate of drug-likeness (QED) is 0.449. The van der Waals surface area contributed by atoms with Crippen molar-refractivity contribution < 1.29 is 18.0 Å². The molecule has 0 fully saturated rings. The van der Waals surface area contributed by atoms with E-state index in [9.17, 15) is 18.0 Å². The predicted octanol–water partition coefficient (Wildman–Crippen LogP) is 5.67. The van der Waals surface area contributed by atoms with E-state index in [-0.39, 0.29) is 17.8 Å². The lowest BCUT2D eigenvalue weighted by molar-refractivity contribution is -0.137. The molecule has 2 aromatic carbocycles. The van der Waals surface area contributed by atoms with Crippen molar-refractivity contribution in [3.63, 3.8) is 0 Å². The molecule has 1 amide bonds. The number of aromatic nitrogens is 2. The second-order valence-corrected chi connectivity index (χ2v) is 7.57. The van der Waals surface area contributed by atoms with Crippen LogP contribution in [0.4, 0.5) is 13.2 Å². The number of imidazole rings is 1. The van der Waals surface area contributed by atoms with Crippen LogP contribution in [0, 0.1) is 0 Å². The van der Waals surface area contributed by atoms with Gasteiger partial charge in [0.25, 0.3) is 5.91 Å². The molecule has 0 radical (unpaired) electrons. The van der Waals surface area contributed by atoms with Crippen molar-refractivity contribution in [3.05, 3.63) is 82.0 Å². The van der Waals surface area contributed by atoms with Gasteiger partial charge in [0.05, 0.1) is 11.3 Å². The molecule has 4 rings (SSSR count). The fraction of sp³-hybridized carbons (Fsp3) is 0.100. The van der Waals surface area contributed by atoms with E-state index in [2.05, 4.69) is 10.3 Å². The van der Waals surface area contributed by atoms with Crippen LogP contribution in [0.5, 0.6) is 0 Å². The van der Waals surface area contributed by atoms with Crippen LogP contribution in [0.3, 0.4) is 0 Å². The summed E-state index contributed by atoms with van der Waals surface area (Å²) in [6.07, 6.45) is -2.81. The highest BCUT2D eigenvalue weighted by Gasteiger charge is 2.31. The summed E-state index contributed by atoms with van der Waals surface area (Å²) in [7, 11) is 0. The van der Waals surface area contributed by atoms with E-state index in [1.807, 2.05) is 6.07 Å². The maximum atomic E-state index is 13.2. The molecule has 4 nitrogen and oxygen atoms in total. The first-order valence-corrected chi connectivity index (χ1v) is 9.74. The zero-order chi connectivity index (χ0) is 20.6. The van der Waals surface area contributed by atoms with Crippen LogP contribution in [0.25, 0.3) is 16.2 Å². The molecule has 0 saturated heterocycles. The number of alkyl halides is 3. The monoisotopic (exact) mass is 435 g/mol. The third kappa shape index (κ3) is 3.99. The molecule has 0 atom stereocenters. The van der Waals surface area contributed by atoms with Gasteiger partial charge < -0.3 is 5.32 Å². The molecular weight excluding hydrogens is 423 g/mol. The predicted molar refractivity (Wildman–Crippen MR) is 106 cm³/mol. The minimum absolute atomic E-state index is 0.0678. The molecule has 9 heteroatoms. The largest absolute Gasteiger partial charge is 0.416 e. The topological polar surface area (TPSA) is 46.4 Å². The Hall–Kier alpha value is -2.84. The number of fused-ring (bicyclic) bond motifs is 1. The van der Waals surface area contributed by atoms with Crippen LogP contribution in [0.15, 0.2) is 60.1 Å². The Balaban J connectivity index is 1.71. The third-order valence-electron chi connectivity index (χ3n) is 4.28. The van der Waals surface area contributed by atoms with Gasteiger partial charge in [-0.2, -0.15) is 13.2 Å². The molecule has 148 valence electrons. The molecule has 1 N–H and O–H groups in total. The summed E-state index contributed by atoms with van der Waals surface area (Å²) in [4.78, 5) is 17.7. The summed E-state index contributed by atoms with van der Waals surface area (Å²) < 4.78 is 41.1. The summed E-state index contributed by atoms with van der Waals surface area (Å²) in [6, 6.07) is 11.9. The lowest BCUT2D eigenvalue weighted by Crippen LogP contribution is -2.24. The van der Waals surface area contributed by atoms with Crippen LogP contribution in [-0.2, 0) is 12.7 Å². The molecule has 0 aliphatic rings. The van der Waals surface area contributed by atoms with Crippen molar-refractivity contribution in [2.24, 2.45) is 0 Å². The highest BCUT2D eigenvalue weighted by molar-refractivity contribution is 7.15. The molecule has 0 aliphatic heterocycles. The normalized spacial score (nSPS) is 11.7. The lowest BCUT2D eigenvalue weighted by atomic mass is 10.1. The van der Waals surface area contributed by atoms with Crippen LogP contribution in [0.2, 0.25) is 5.02 Å². The molecule has 0 saturated carbocycles. The Kier molecular flexibility index (Phi) is 5.06. The van der Waals surface area contributed by atoms with E-state index >= 15 is 0 Å². The van der Waals surface area contributed by atoms with E-state index in [4.69, 9.17) is 11.6 Å². The first-order valence-electron chi connectivity index (χ1n) is 8.49. The van der Waals surface area contributed by atoms with E-state index < -0.39 is 17.6 Å². The average Bonchev–Trinajstić information content (AvgIpc) is 3.26. The van der Waals surface area contributed by atoms with Crippen molar-refractivity contribution in [2.75, 3.05) is 0 Å². The number of nitrogens with one attached hydrogen (secondary N) is 1. The van der Waals surface area contributed by atoms with Crippen molar-refractivity contribution in [1.29, 1.82) is 0 Å². The first kappa shape index (κ1) is 19.5. The highest BCUT2D eigenvalue weighted by Crippen LogP contribution is 2.34. The zero-order valence-electron chi connectivity index (χ0n) is 14.7. The van der Waals surface area contributed by atoms with Gasteiger partial charge in [0.1, 0.15) is 0 Å². The minimum atomic E-state index is -4.48. The maximum absolute atomic E-state index is 13.2. The van der Waals surface area contributed by atoms with Crippen LogP contribution in [0.1, 0.15) is 21.6 Å². The van der Waals surface area contributed by atoms with E-state index in [1.165, 1.54) is 23.5 Å². The average molecular weight is 436 g/mol. The molecule has 0 aliphatic carbocycles. The SMILES string of the molecule is O=C(NCc1cccc(Cl)c1)c1nc2sccn2c1-c1cccc(C(F)(F)F)c1. The van der Waals surface area contributed by atoms with Gasteiger partial charge in [-0.15, -0.1) is 11.3 Å². The lowest BCUT2D eigenvalue weighted by Gasteiger charge is -2.10. The van der Waals surface area contributed by atoms with Gasteiger partial charge in [-0.1, -0.05) is 35.9 Å². The number of hydrogen-bond donors (Lipinski definition) is 1. The Morgan fingerprint density at radius 2 is 1.97 bits per heavy atom. The van der Waals surface area contributed by atoms with Crippen LogP contribution in [-0.4, -0.2) is 15.3 Å². The molecule has 4 aromatic rings. The van der Waals surface area contributed by atoms with E-state index in [0.29, 0.717) is 15.7 Å². The Morgan fingerprint density at radius 3 is 2.72 bits per heavy atom. The number of amides is 1. The van der Waals surface area contributed by atoms with Gasteiger partial charge in [-0.25, -0.2) is 4.98 Å². The summed E-state index contributed by atoms with van der Waals surface area (Å²) in [5.41, 5.74) is 0.658. The number of hydrogen-bond acceptors (Lipinski definition) is 3. The van der Waals surface area contributed by atoms with Crippen molar-refractivity contribution in [2.45, 2.75) is 12.7 Å². The van der Waals surface area contributed by atoms with E-state index in [1.54, 1.807) is 34.2 Å². The number of thiazole rings is 1. The Labute approximate surface area is 172 Å². The second kappa shape index (κ2) is 7.53. The molecule has 0 unspecified atom stereocenters. The van der Waals surface area contributed by atoms with Gasteiger partial charge in [-0.3, -0.25) is 9.20 Å². The summed E-state index contributed by atoms with van der Waals surface area (Å²) >= 11 is 7.25. The molecule has 2 heterocycles. The number of benzene rings is 2. The van der Waals surface area contributed by atoms with Crippen LogP contribution >= 0.6 is 22.9 Å². The third-order valence-corrected chi connectivity index (χ3v) is 5.27. The summed E-state index contributed by atoms with van der Waals surface area (Å²) in [5, 5.41) is 5.06. The number of halogens is 4. The summed E-state index contributed by atoms with van der Waals surface area (Å²) in [6.45, 7) is 0.215. The zero-order valence-corrected chi connectivity index (χ0v) is 16.3. The van der Waals surface area contributed by atoms with Gasteiger partial charge in [0.2, 0.25) is 0 Å². The smallest absolute Gasteiger partial charge is 0.347 e. The molecule has 0 bridgehead atoms. The fourth-order valence-corrected chi connectivity index (χ4v) is 3.90. The highest BCUT2D eigenvalue weighted by atomic mass is 35.5. The maximum Gasteiger partial charge on any atom is 0.416 e. The molecular formula is C20H13ClF3N3OS. The molecule has 29 heavy (non-hydrogen) atoms. The van der Waals surface area contributed by atoms with Gasteiger partial charge in [0, 0.05) is 28.7 Å². The van der Waals surface area contributed by atoms with Gasteiger partial charge in [-0.05, 0) is 29.8 Å². The summed E-state index contributed by atoms with van der Waals surface area (Å²) in [5.74, 6) is -0.478. The second-order valence-electron chi connectivity index (χ2n) is 6.26. The van der Waals surface area contributed by atoms with Crippen molar-refractivity contribution in [1.82, 2.24) is 14.7 Å². The van der Waals surface area contributed by atoms with Gasteiger partial charge in [0.15, 0.2) is 10.7 Å². The van der Waals surface area contributed by atoms with Crippen LogP contribution < -0.4 is 5.32 Å². The van der Waals surface area contributed by atoms with E-state index in [0.717, 1.165) is 17.7 Å². The Bertz CT molecular complexity index is 1200. The Morgan fingerprint density at radius 1 is 1.17 bits per heavy atom. The standard InChI is InChI=1S/C20H13ClF3N3OS/c21-15-6-1-3-12(9-15)11-25-18(28)16-17(27-7-8-29-19(27)26-16)13-4-2-5-14(10-13)20(22,23)24/h1-10H,11H2,(H,25,28). The number of carbonyl (C=O) groups is 1. The molecule has 2 aromatic heterocycles. The number of rotatable bonds is 4. The number of nitrogens with zero attached hydrogens (tertiary/aromatic N) is 2. The molecule has 0 spiro atoms. The minimum Gasteiger partial charge on any atom is -0.347 e. The van der Waals surface area contributed by atoms with Gasteiger partial charge >= 0.3 is 6.18 Å². The van der Waals surface area contributed by atoms with Crippen molar-refractivity contribution in [3.8, 4) is 11.3 Å². The fourth-order valence-electron chi connectivity index (χ4n) is 2.98. The first-order chi connectivity index (χ1) is 13.8. The van der Waals surface area contributed by atoms with Crippen molar-refractivity contribution >= 4 is 33.8 Å².